The number of carbonyl (C=O) groups excluding carboxylic acids is 4. The van der Waals surface area contributed by atoms with Gasteiger partial charge in [-0.2, -0.15) is 0 Å². The van der Waals surface area contributed by atoms with Gasteiger partial charge in [0.15, 0.2) is 12.2 Å². The van der Waals surface area contributed by atoms with Crippen LogP contribution < -0.4 is 0 Å². The molecule has 0 aliphatic rings. The van der Waals surface area contributed by atoms with Gasteiger partial charge in [0.25, 0.3) is 0 Å². The van der Waals surface area contributed by atoms with Crippen LogP contribution in [0.15, 0.2) is 72.9 Å². The normalized spacial score (nSPS) is 14.3. The highest BCUT2D eigenvalue weighted by molar-refractivity contribution is 7.47. The number of phosphoric ester groups is 2. The molecule has 19 heteroatoms. The number of rotatable bonds is 76. The summed E-state index contributed by atoms with van der Waals surface area (Å²) in [6.07, 6.45) is 74.5. The quantitative estimate of drug-likeness (QED) is 0.0169. The topological polar surface area (TPSA) is 237 Å². The highest BCUT2D eigenvalue weighted by Crippen LogP contribution is 2.45. The highest BCUT2D eigenvalue weighted by Gasteiger charge is 2.30. The predicted octanol–water partition coefficient (Wildman–Crippen LogP) is 23.2. The molecule has 3 N–H and O–H groups in total. The molecule has 0 aliphatic carbocycles. The van der Waals surface area contributed by atoms with E-state index in [0.717, 1.165) is 128 Å². The molecule has 100 heavy (non-hydrogen) atoms. The van der Waals surface area contributed by atoms with E-state index in [2.05, 4.69) is 88.5 Å². The molecule has 17 nitrogen and oxygen atoms in total. The zero-order valence-corrected chi connectivity index (χ0v) is 65.4. The number of ether oxygens (including phenoxy) is 4. The Morgan fingerprint density at radius 1 is 0.280 bits per heavy atom. The number of hydrogen-bond acceptors (Lipinski definition) is 15. The van der Waals surface area contributed by atoms with E-state index >= 15 is 0 Å². The molecule has 0 aromatic heterocycles. The minimum absolute atomic E-state index is 0.0867. The van der Waals surface area contributed by atoms with Crippen molar-refractivity contribution in [2.24, 2.45) is 0 Å². The number of aliphatic hydroxyl groups excluding tert-OH is 1. The number of hydrogen-bond donors (Lipinski definition) is 3. The SMILES string of the molecule is CCCCC/C=C\C/C=C\C/C=C\C/C=C\CCCC(=O)OC[C@H](COP(=O)(O)OC[C@@H](O)COP(=O)(O)OC[C@@H](COC(=O)CCCCCCCCC/C=C\CCCCCC)OC(=O)CCCCCCC/C=C\CCCCCCCC)OC(=O)CCCCCCCCCCCCCCC. The number of carbonyl (C=O) groups is 4. The van der Waals surface area contributed by atoms with E-state index < -0.39 is 97.5 Å². The van der Waals surface area contributed by atoms with Crippen molar-refractivity contribution < 1.29 is 80.2 Å². The Morgan fingerprint density at radius 3 is 0.830 bits per heavy atom. The number of unbranched alkanes of at least 4 members (excludes halogenated alkanes) is 38. The molecule has 0 aliphatic heterocycles. The largest absolute Gasteiger partial charge is 0.472 e. The summed E-state index contributed by atoms with van der Waals surface area (Å²) in [7, 11) is -9.96. The third-order valence-corrected chi connectivity index (χ3v) is 19.0. The van der Waals surface area contributed by atoms with Crippen LogP contribution in [-0.2, 0) is 65.4 Å². The molecule has 0 rings (SSSR count). The Kier molecular flexibility index (Phi) is 71.2. The Balaban J connectivity index is 5.37. The van der Waals surface area contributed by atoms with Gasteiger partial charge in [-0.3, -0.25) is 37.3 Å². The summed E-state index contributed by atoms with van der Waals surface area (Å²) in [6.45, 7) is 4.81. The molecule has 0 bridgehead atoms. The molecule has 5 atom stereocenters. The monoisotopic (exact) mass is 1450 g/mol. The molecule has 0 saturated carbocycles. The molecule has 0 aromatic rings. The fraction of sp³-hybridized carbons (Fsp3) is 0.802. The lowest BCUT2D eigenvalue weighted by Gasteiger charge is -2.21. The van der Waals surface area contributed by atoms with Crippen LogP contribution in [0.25, 0.3) is 0 Å². The average Bonchev–Trinajstić information content (AvgIpc) is 0.965. The second kappa shape index (κ2) is 73.8. The highest BCUT2D eigenvalue weighted by atomic mass is 31.2. The van der Waals surface area contributed by atoms with Crippen LogP contribution in [0.3, 0.4) is 0 Å². The third-order valence-electron chi connectivity index (χ3n) is 17.1. The lowest BCUT2D eigenvalue weighted by molar-refractivity contribution is -0.161. The summed E-state index contributed by atoms with van der Waals surface area (Å²) in [5, 5.41) is 10.6. The van der Waals surface area contributed by atoms with E-state index in [1.54, 1.807) is 0 Å². The zero-order valence-electron chi connectivity index (χ0n) is 63.6. The standard InChI is InChI=1S/C81H146O17P2/c1-5-9-13-17-21-25-29-33-36-37-40-43-46-50-54-58-62-66-79(84)92-71-76(97-80(85)67-63-59-55-51-47-41-32-28-24-20-16-12-8-4)73-95-99(87,88)93-69-75(82)70-94-100(89,90)96-74-77(98-81(86)68-64-60-56-52-48-44-39-35-31-27-23-19-15-11-7-3)72-91-78(83)65-61-57-53-49-45-42-38-34-30-26-22-18-14-10-6-2/h21,25-26,30,33,35-36,39-40,43,50,54,75-77,82H,5-20,22-24,27-29,31-32,34,37-38,41-42,44-49,51-53,55-74H2,1-4H3,(H,87,88)(H,89,90)/b25-21-,30-26-,36-33-,39-35-,43-40-,54-50-/t75-,76-,77-/m1/s1. The van der Waals surface area contributed by atoms with Gasteiger partial charge in [-0.25, -0.2) is 9.13 Å². The van der Waals surface area contributed by atoms with Crippen LogP contribution in [0.1, 0.15) is 362 Å². The lowest BCUT2D eigenvalue weighted by atomic mass is 10.0. The minimum atomic E-state index is -4.98. The van der Waals surface area contributed by atoms with Crippen molar-refractivity contribution in [3.63, 3.8) is 0 Å². The summed E-state index contributed by atoms with van der Waals surface area (Å²) in [6, 6.07) is 0. The Labute approximate surface area is 609 Å². The minimum Gasteiger partial charge on any atom is -0.462 e. The van der Waals surface area contributed by atoms with Gasteiger partial charge in [-0.15, -0.1) is 0 Å². The summed E-state index contributed by atoms with van der Waals surface area (Å²) >= 11 is 0. The van der Waals surface area contributed by atoms with Gasteiger partial charge in [0.2, 0.25) is 0 Å². The zero-order chi connectivity index (χ0) is 73.2. The molecule has 0 fully saturated rings. The number of phosphoric acid groups is 2. The summed E-state index contributed by atoms with van der Waals surface area (Å²) in [5.74, 6) is -2.22. The first kappa shape index (κ1) is 96.5. The maximum Gasteiger partial charge on any atom is 0.472 e. The van der Waals surface area contributed by atoms with E-state index in [1.807, 2.05) is 12.2 Å². The van der Waals surface area contributed by atoms with Crippen LogP contribution in [0.5, 0.6) is 0 Å². The van der Waals surface area contributed by atoms with Crippen molar-refractivity contribution in [3.05, 3.63) is 72.9 Å². The van der Waals surface area contributed by atoms with Gasteiger partial charge in [-0.05, 0) is 116 Å². The lowest BCUT2D eigenvalue weighted by Crippen LogP contribution is -2.30. The maximum absolute atomic E-state index is 13.1. The smallest absolute Gasteiger partial charge is 0.462 e. The maximum atomic E-state index is 13.1. The van der Waals surface area contributed by atoms with Crippen LogP contribution in [0.4, 0.5) is 0 Å². The molecule has 582 valence electrons. The van der Waals surface area contributed by atoms with Gasteiger partial charge in [-0.1, -0.05) is 293 Å². The Hall–Kier alpha value is -3.50. The summed E-state index contributed by atoms with van der Waals surface area (Å²) in [5.41, 5.74) is 0. The second-order valence-corrected chi connectivity index (χ2v) is 29.9. The van der Waals surface area contributed by atoms with Gasteiger partial charge in [0.05, 0.1) is 26.4 Å². The first-order chi connectivity index (χ1) is 48.7. The van der Waals surface area contributed by atoms with Crippen molar-refractivity contribution in [1.29, 1.82) is 0 Å². The van der Waals surface area contributed by atoms with E-state index in [4.69, 9.17) is 37.0 Å². The second-order valence-electron chi connectivity index (χ2n) is 27.0. The van der Waals surface area contributed by atoms with Crippen molar-refractivity contribution >= 4 is 39.5 Å². The van der Waals surface area contributed by atoms with Gasteiger partial charge >= 0.3 is 39.5 Å². The first-order valence-corrected chi connectivity index (χ1v) is 43.2. The Morgan fingerprint density at radius 2 is 0.500 bits per heavy atom. The van der Waals surface area contributed by atoms with Crippen LogP contribution in [-0.4, -0.2) is 96.7 Å². The fourth-order valence-corrected chi connectivity index (χ4v) is 12.5. The number of aliphatic hydroxyl groups is 1. The Bertz CT molecular complexity index is 2180. The van der Waals surface area contributed by atoms with Crippen molar-refractivity contribution in [1.82, 2.24) is 0 Å². The number of esters is 4. The van der Waals surface area contributed by atoms with Crippen molar-refractivity contribution in [3.8, 4) is 0 Å². The van der Waals surface area contributed by atoms with Crippen LogP contribution in [0.2, 0.25) is 0 Å². The van der Waals surface area contributed by atoms with Gasteiger partial charge in [0.1, 0.15) is 19.3 Å². The van der Waals surface area contributed by atoms with Crippen molar-refractivity contribution in [2.45, 2.75) is 380 Å². The van der Waals surface area contributed by atoms with E-state index in [9.17, 15) is 43.2 Å². The fourth-order valence-electron chi connectivity index (χ4n) is 11.0. The molecule has 0 heterocycles. The molecule has 0 spiro atoms. The predicted molar refractivity (Wildman–Crippen MR) is 409 cm³/mol. The molecule has 0 amide bonds. The molecule has 0 radical (unpaired) electrons. The van der Waals surface area contributed by atoms with Gasteiger partial charge in [0, 0.05) is 25.7 Å². The van der Waals surface area contributed by atoms with Crippen molar-refractivity contribution in [2.75, 3.05) is 39.6 Å². The molecular weight excluding hydrogens is 1310 g/mol. The van der Waals surface area contributed by atoms with E-state index in [-0.39, 0.29) is 25.7 Å². The molecule has 2 unspecified atom stereocenters. The average molecular weight is 1450 g/mol. The first-order valence-electron chi connectivity index (χ1n) is 40.2. The number of allylic oxidation sites excluding steroid dienone is 12. The molecule has 0 saturated heterocycles. The summed E-state index contributed by atoms with van der Waals surface area (Å²) < 4.78 is 68.5. The molecular formula is C81H146O17P2. The van der Waals surface area contributed by atoms with Crippen LogP contribution >= 0.6 is 15.6 Å². The molecule has 0 aromatic carbocycles. The van der Waals surface area contributed by atoms with Crippen LogP contribution in [0, 0.1) is 0 Å². The van der Waals surface area contributed by atoms with E-state index in [1.165, 1.54) is 148 Å². The van der Waals surface area contributed by atoms with Gasteiger partial charge < -0.3 is 33.8 Å². The van der Waals surface area contributed by atoms with E-state index in [0.29, 0.717) is 32.1 Å². The summed E-state index contributed by atoms with van der Waals surface area (Å²) in [4.78, 5) is 72.9. The third kappa shape index (κ3) is 72.8.